The fraction of sp³-hybridized carbons (Fsp3) is 0.211. The minimum Gasteiger partial charge on any atom is -0.497 e. The van der Waals surface area contributed by atoms with Gasteiger partial charge in [0.1, 0.15) is 5.75 Å². The summed E-state index contributed by atoms with van der Waals surface area (Å²) in [6, 6.07) is 15.1. The van der Waals surface area contributed by atoms with Crippen molar-refractivity contribution in [1.29, 1.82) is 0 Å². The van der Waals surface area contributed by atoms with Crippen molar-refractivity contribution in [2.24, 2.45) is 0 Å². The van der Waals surface area contributed by atoms with E-state index >= 15 is 0 Å². The van der Waals surface area contributed by atoms with Crippen molar-refractivity contribution in [2.45, 2.75) is 19.4 Å². The van der Waals surface area contributed by atoms with E-state index in [9.17, 15) is 4.79 Å². The summed E-state index contributed by atoms with van der Waals surface area (Å²) < 4.78 is 5.15. The van der Waals surface area contributed by atoms with Crippen molar-refractivity contribution in [3.05, 3.63) is 70.8 Å². The van der Waals surface area contributed by atoms with Crippen LogP contribution in [0.25, 0.3) is 6.08 Å². The maximum Gasteiger partial charge on any atom is 0.244 e. The van der Waals surface area contributed by atoms with E-state index in [0.717, 1.165) is 23.3 Å². The number of nitrogens with one attached hydrogen (secondary N) is 1. The van der Waals surface area contributed by atoms with E-state index in [1.165, 1.54) is 6.08 Å². The molecule has 1 N–H and O–H groups in total. The van der Waals surface area contributed by atoms with Crippen molar-refractivity contribution in [3.8, 4) is 5.75 Å². The van der Waals surface area contributed by atoms with E-state index in [1.807, 2.05) is 49.4 Å². The predicted molar refractivity (Wildman–Crippen MR) is 94.7 cm³/mol. The third-order valence-corrected chi connectivity index (χ3v) is 3.91. The Bertz CT molecular complexity index is 680. The van der Waals surface area contributed by atoms with Gasteiger partial charge in [-0.2, -0.15) is 0 Å². The highest BCUT2D eigenvalue weighted by molar-refractivity contribution is 6.32. The third-order valence-electron chi connectivity index (χ3n) is 3.56. The Morgan fingerprint density at radius 2 is 1.91 bits per heavy atom. The lowest BCUT2D eigenvalue weighted by Gasteiger charge is -2.16. The Balaban J connectivity index is 2.03. The Labute approximate surface area is 141 Å². The summed E-state index contributed by atoms with van der Waals surface area (Å²) in [5.41, 5.74) is 1.87. The number of amides is 1. The molecule has 0 bridgehead atoms. The summed E-state index contributed by atoms with van der Waals surface area (Å²) in [6.07, 6.45) is 4.03. The van der Waals surface area contributed by atoms with Crippen LogP contribution < -0.4 is 10.1 Å². The fourth-order valence-electron chi connectivity index (χ4n) is 2.25. The van der Waals surface area contributed by atoms with Crippen LogP contribution in [0.2, 0.25) is 5.02 Å². The van der Waals surface area contributed by atoms with Crippen LogP contribution in [-0.2, 0) is 4.79 Å². The molecule has 0 fully saturated rings. The van der Waals surface area contributed by atoms with Crippen LogP contribution in [0.5, 0.6) is 5.75 Å². The fourth-order valence-corrected chi connectivity index (χ4v) is 2.45. The maximum absolute atomic E-state index is 12.1. The molecule has 2 rings (SSSR count). The Kier molecular flexibility index (Phi) is 6.24. The van der Waals surface area contributed by atoms with Gasteiger partial charge in [0.15, 0.2) is 0 Å². The Hall–Kier alpha value is -2.26. The van der Waals surface area contributed by atoms with Crippen molar-refractivity contribution in [2.75, 3.05) is 7.11 Å². The molecule has 0 aliphatic heterocycles. The van der Waals surface area contributed by atoms with Gasteiger partial charge in [-0.1, -0.05) is 48.9 Å². The quantitative estimate of drug-likeness (QED) is 0.785. The number of rotatable bonds is 6. The molecular formula is C19H20ClNO2. The van der Waals surface area contributed by atoms with E-state index in [-0.39, 0.29) is 11.9 Å². The molecular weight excluding hydrogens is 310 g/mol. The van der Waals surface area contributed by atoms with Crippen LogP contribution in [0.1, 0.15) is 30.5 Å². The zero-order valence-electron chi connectivity index (χ0n) is 13.3. The van der Waals surface area contributed by atoms with Gasteiger partial charge in [-0.3, -0.25) is 4.79 Å². The smallest absolute Gasteiger partial charge is 0.244 e. The predicted octanol–water partition coefficient (Wildman–Crippen LogP) is 4.63. The average Bonchev–Trinajstić information content (AvgIpc) is 2.59. The molecule has 0 saturated carbocycles. The molecule has 23 heavy (non-hydrogen) atoms. The first kappa shape index (κ1) is 17.1. The number of carbonyl (C=O) groups excluding carboxylic acids is 1. The van der Waals surface area contributed by atoms with Crippen molar-refractivity contribution in [3.63, 3.8) is 0 Å². The number of carbonyl (C=O) groups is 1. The van der Waals surface area contributed by atoms with Crippen LogP contribution in [0.3, 0.4) is 0 Å². The molecule has 120 valence electrons. The first-order chi connectivity index (χ1) is 11.1. The summed E-state index contributed by atoms with van der Waals surface area (Å²) >= 11 is 6.07. The molecule has 0 heterocycles. The number of ether oxygens (including phenoxy) is 1. The first-order valence-corrected chi connectivity index (χ1v) is 7.89. The van der Waals surface area contributed by atoms with Gasteiger partial charge in [0.05, 0.1) is 13.2 Å². The molecule has 3 nitrogen and oxygen atoms in total. The van der Waals surface area contributed by atoms with E-state index in [1.54, 1.807) is 19.3 Å². The molecule has 0 aromatic heterocycles. The number of halogens is 1. The molecule has 2 aromatic carbocycles. The molecule has 0 spiro atoms. The summed E-state index contributed by atoms with van der Waals surface area (Å²) in [7, 11) is 1.63. The summed E-state index contributed by atoms with van der Waals surface area (Å²) in [6.45, 7) is 2.03. The zero-order chi connectivity index (χ0) is 16.7. The minimum absolute atomic E-state index is 0.0377. The third kappa shape index (κ3) is 4.86. The summed E-state index contributed by atoms with van der Waals surface area (Å²) in [4.78, 5) is 12.1. The molecule has 4 heteroatoms. The number of methoxy groups -OCH3 is 1. The monoisotopic (exact) mass is 329 g/mol. The highest BCUT2D eigenvalue weighted by atomic mass is 35.5. The van der Waals surface area contributed by atoms with E-state index in [2.05, 4.69) is 5.32 Å². The van der Waals surface area contributed by atoms with Crippen LogP contribution in [0, 0.1) is 0 Å². The molecule has 0 aliphatic carbocycles. The van der Waals surface area contributed by atoms with Crippen LogP contribution in [0.15, 0.2) is 54.6 Å². The Morgan fingerprint density at radius 3 is 2.52 bits per heavy atom. The second kappa shape index (κ2) is 8.39. The van der Waals surface area contributed by atoms with Crippen molar-refractivity contribution < 1.29 is 9.53 Å². The maximum atomic E-state index is 12.1. The molecule has 1 amide bonds. The lowest BCUT2D eigenvalue weighted by Crippen LogP contribution is -2.26. The van der Waals surface area contributed by atoms with E-state index < -0.39 is 0 Å². The van der Waals surface area contributed by atoms with Crippen LogP contribution >= 0.6 is 11.6 Å². The minimum atomic E-state index is -0.146. The molecule has 0 aliphatic rings. The topological polar surface area (TPSA) is 38.3 Å². The number of benzene rings is 2. The Morgan fingerprint density at radius 1 is 1.22 bits per heavy atom. The van der Waals surface area contributed by atoms with Gasteiger partial charge < -0.3 is 10.1 Å². The molecule has 2 aromatic rings. The van der Waals surface area contributed by atoms with Gasteiger partial charge in [-0.05, 0) is 41.8 Å². The van der Waals surface area contributed by atoms with E-state index in [0.29, 0.717) is 5.02 Å². The van der Waals surface area contributed by atoms with Crippen molar-refractivity contribution in [1.82, 2.24) is 5.32 Å². The van der Waals surface area contributed by atoms with Gasteiger partial charge in [0.2, 0.25) is 5.91 Å². The van der Waals surface area contributed by atoms with Crippen molar-refractivity contribution >= 4 is 23.6 Å². The van der Waals surface area contributed by atoms with Gasteiger partial charge in [0, 0.05) is 11.1 Å². The lowest BCUT2D eigenvalue weighted by atomic mass is 10.0. The second-order valence-electron chi connectivity index (χ2n) is 5.10. The normalized spacial score (nSPS) is 12.1. The average molecular weight is 330 g/mol. The standard InChI is InChI=1S/C19H20ClNO2/c1-3-18(15-8-11-16(23-2)12-9-15)21-19(22)13-10-14-6-4-5-7-17(14)20/h4-13,18H,3H2,1-2H3,(H,21,22)/b13-10+. The molecule has 1 unspecified atom stereocenters. The van der Waals surface area contributed by atoms with Gasteiger partial charge in [0.25, 0.3) is 0 Å². The first-order valence-electron chi connectivity index (χ1n) is 7.51. The van der Waals surface area contributed by atoms with Gasteiger partial charge >= 0.3 is 0 Å². The van der Waals surface area contributed by atoms with Crippen LogP contribution in [0.4, 0.5) is 0 Å². The van der Waals surface area contributed by atoms with E-state index in [4.69, 9.17) is 16.3 Å². The highest BCUT2D eigenvalue weighted by Gasteiger charge is 2.11. The lowest BCUT2D eigenvalue weighted by molar-refractivity contribution is -0.117. The van der Waals surface area contributed by atoms with Gasteiger partial charge in [-0.25, -0.2) is 0 Å². The second-order valence-corrected chi connectivity index (χ2v) is 5.50. The summed E-state index contributed by atoms with van der Waals surface area (Å²) in [5.74, 6) is 0.654. The SMILES string of the molecule is CCC(NC(=O)/C=C/c1ccccc1Cl)c1ccc(OC)cc1. The zero-order valence-corrected chi connectivity index (χ0v) is 14.0. The largest absolute Gasteiger partial charge is 0.497 e. The summed E-state index contributed by atoms with van der Waals surface area (Å²) in [5, 5.41) is 3.62. The number of hydrogen-bond acceptors (Lipinski definition) is 2. The molecule has 0 radical (unpaired) electrons. The molecule has 0 saturated heterocycles. The van der Waals surface area contributed by atoms with Gasteiger partial charge in [-0.15, -0.1) is 0 Å². The number of hydrogen-bond donors (Lipinski definition) is 1. The highest BCUT2D eigenvalue weighted by Crippen LogP contribution is 2.20. The molecule has 1 atom stereocenters. The van der Waals surface area contributed by atoms with Crippen LogP contribution in [-0.4, -0.2) is 13.0 Å².